The lowest BCUT2D eigenvalue weighted by atomic mass is 10.2. The van der Waals surface area contributed by atoms with E-state index in [-0.39, 0.29) is 12.5 Å². The molecule has 80 valence electrons. The summed E-state index contributed by atoms with van der Waals surface area (Å²) in [5.41, 5.74) is 0. The van der Waals surface area contributed by atoms with Crippen LogP contribution in [-0.4, -0.2) is 59.6 Å². The van der Waals surface area contributed by atoms with Crippen molar-refractivity contribution < 1.29 is 14.7 Å². The number of aliphatic carboxylic acids is 1. The average molecular weight is 218 g/mol. The maximum absolute atomic E-state index is 11.1. The molecule has 6 heteroatoms. The molecule has 2 N–H and O–H groups in total. The molecule has 0 radical (unpaired) electrons. The Labute approximate surface area is 86.8 Å². The Kier molecular flexibility index (Phi) is 4.21. The van der Waals surface area contributed by atoms with Crippen LogP contribution in [0.15, 0.2) is 0 Å². The van der Waals surface area contributed by atoms with Crippen LogP contribution in [0.2, 0.25) is 0 Å². The van der Waals surface area contributed by atoms with E-state index in [4.69, 9.17) is 5.11 Å². The van der Waals surface area contributed by atoms with Crippen LogP contribution in [0.3, 0.4) is 0 Å². The van der Waals surface area contributed by atoms with Gasteiger partial charge >= 0.3 is 5.97 Å². The smallest absolute Gasteiger partial charge is 0.321 e. The van der Waals surface area contributed by atoms with Gasteiger partial charge in [-0.3, -0.25) is 14.5 Å². The Morgan fingerprint density at radius 1 is 1.64 bits per heavy atom. The Hall–Kier alpha value is -0.750. The molecule has 14 heavy (non-hydrogen) atoms. The Balaban J connectivity index is 2.54. The maximum atomic E-state index is 11.1. The van der Waals surface area contributed by atoms with Crippen molar-refractivity contribution in [2.75, 3.05) is 31.6 Å². The Morgan fingerprint density at radius 3 is 2.93 bits per heavy atom. The molecule has 1 aliphatic rings. The molecule has 1 rings (SSSR count). The molecular weight excluding hydrogens is 204 g/mol. The monoisotopic (exact) mass is 218 g/mol. The van der Waals surface area contributed by atoms with Crippen molar-refractivity contribution in [2.24, 2.45) is 0 Å². The van der Waals surface area contributed by atoms with Crippen molar-refractivity contribution in [1.82, 2.24) is 10.2 Å². The minimum atomic E-state index is -0.846. The second kappa shape index (κ2) is 5.21. The first-order valence-corrected chi connectivity index (χ1v) is 5.56. The molecule has 0 aromatic rings. The van der Waals surface area contributed by atoms with Gasteiger partial charge in [-0.25, -0.2) is 0 Å². The predicted molar refractivity (Wildman–Crippen MR) is 54.4 cm³/mol. The van der Waals surface area contributed by atoms with Gasteiger partial charge in [0.2, 0.25) is 5.91 Å². The minimum absolute atomic E-state index is 0.136. The van der Waals surface area contributed by atoms with Crippen LogP contribution >= 0.6 is 11.8 Å². The zero-order valence-corrected chi connectivity index (χ0v) is 8.84. The lowest BCUT2D eigenvalue weighted by Crippen LogP contribution is -2.50. The van der Waals surface area contributed by atoms with Gasteiger partial charge in [-0.15, -0.1) is 0 Å². The van der Waals surface area contributed by atoms with Crippen LogP contribution in [0.1, 0.15) is 0 Å². The zero-order valence-electron chi connectivity index (χ0n) is 8.02. The number of carboxylic acid groups (broad SMARTS) is 1. The van der Waals surface area contributed by atoms with Crippen molar-refractivity contribution in [3.05, 3.63) is 0 Å². The van der Waals surface area contributed by atoms with Gasteiger partial charge < -0.3 is 10.4 Å². The van der Waals surface area contributed by atoms with Crippen molar-refractivity contribution in [3.63, 3.8) is 0 Å². The third kappa shape index (κ3) is 2.88. The summed E-state index contributed by atoms with van der Waals surface area (Å²) in [6, 6.07) is -0.522. The number of carbonyl (C=O) groups is 2. The highest BCUT2D eigenvalue weighted by atomic mass is 32.2. The van der Waals surface area contributed by atoms with E-state index in [1.54, 1.807) is 23.7 Å². The van der Waals surface area contributed by atoms with E-state index in [9.17, 15) is 9.59 Å². The summed E-state index contributed by atoms with van der Waals surface area (Å²) in [7, 11) is 1.55. The van der Waals surface area contributed by atoms with Crippen molar-refractivity contribution in [1.29, 1.82) is 0 Å². The molecule has 1 amide bonds. The van der Waals surface area contributed by atoms with Crippen molar-refractivity contribution in [3.8, 4) is 0 Å². The zero-order chi connectivity index (χ0) is 10.6. The number of rotatable bonds is 3. The molecule has 0 aliphatic carbocycles. The van der Waals surface area contributed by atoms with E-state index in [0.717, 1.165) is 5.75 Å². The highest BCUT2D eigenvalue weighted by Gasteiger charge is 2.29. The highest BCUT2D eigenvalue weighted by Crippen LogP contribution is 2.15. The summed E-state index contributed by atoms with van der Waals surface area (Å²) < 4.78 is 0. The number of hydrogen-bond acceptors (Lipinski definition) is 4. The first-order valence-electron chi connectivity index (χ1n) is 4.40. The molecule has 1 heterocycles. The molecule has 1 atom stereocenters. The summed E-state index contributed by atoms with van der Waals surface area (Å²) >= 11 is 1.62. The van der Waals surface area contributed by atoms with Crippen molar-refractivity contribution >= 4 is 23.6 Å². The fraction of sp³-hybridized carbons (Fsp3) is 0.750. The van der Waals surface area contributed by atoms with E-state index < -0.39 is 12.0 Å². The van der Waals surface area contributed by atoms with E-state index in [1.807, 2.05) is 0 Å². The molecule has 1 unspecified atom stereocenters. The minimum Gasteiger partial charge on any atom is -0.480 e. The van der Waals surface area contributed by atoms with Gasteiger partial charge in [-0.05, 0) is 0 Å². The topological polar surface area (TPSA) is 69.6 Å². The van der Waals surface area contributed by atoms with Crippen molar-refractivity contribution in [2.45, 2.75) is 6.04 Å². The molecule has 0 saturated carbocycles. The number of hydrogen-bond donors (Lipinski definition) is 2. The number of nitrogens with one attached hydrogen (secondary N) is 1. The van der Waals surface area contributed by atoms with Gasteiger partial charge in [0.25, 0.3) is 0 Å². The predicted octanol–water partition coefficient (Wildman–Crippen LogP) is -0.766. The first-order chi connectivity index (χ1) is 6.65. The molecule has 0 aromatic carbocycles. The molecule has 0 spiro atoms. The maximum Gasteiger partial charge on any atom is 0.321 e. The molecule has 0 bridgehead atoms. The number of carbonyl (C=O) groups excluding carboxylic acids is 1. The second-order valence-electron chi connectivity index (χ2n) is 3.07. The van der Waals surface area contributed by atoms with Gasteiger partial charge in [0.05, 0.1) is 6.54 Å². The molecule has 1 saturated heterocycles. The lowest BCUT2D eigenvalue weighted by Gasteiger charge is -2.31. The lowest BCUT2D eigenvalue weighted by molar-refractivity contribution is -0.143. The molecule has 1 fully saturated rings. The summed E-state index contributed by atoms with van der Waals surface area (Å²) in [5.74, 6) is 0.469. The van der Waals surface area contributed by atoms with Crippen LogP contribution in [0, 0.1) is 0 Å². The second-order valence-corrected chi connectivity index (χ2v) is 4.22. The third-order valence-corrected chi connectivity index (χ3v) is 3.17. The fourth-order valence-corrected chi connectivity index (χ4v) is 2.43. The van der Waals surface area contributed by atoms with Crippen LogP contribution in [-0.2, 0) is 9.59 Å². The summed E-state index contributed by atoms with van der Waals surface area (Å²) in [6.07, 6.45) is 0. The Morgan fingerprint density at radius 2 is 2.36 bits per heavy atom. The average Bonchev–Trinajstić information content (AvgIpc) is 2.18. The largest absolute Gasteiger partial charge is 0.480 e. The highest BCUT2D eigenvalue weighted by molar-refractivity contribution is 7.99. The van der Waals surface area contributed by atoms with Gasteiger partial charge in [-0.2, -0.15) is 11.8 Å². The number of nitrogens with zero attached hydrogens (tertiary/aromatic N) is 1. The normalized spacial score (nSPS) is 23.1. The van der Waals surface area contributed by atoms with Gasteiger partial charge in [-0.1, -0.05) is 0 Å². The third-order valence-electron chi connectivity index (χ3n) is 2.15. The van der Waals surface area contributed by atoms with Gasteiger partial charge in [0.1, 0.15) is 6.04 Å². The van der Waals surface area contributed by atoms with Gasteiger partial charge in [0.15, 0.2) is 0 Å². The first kappa shape index (κ1) is 11.3. The van der Waals surface area contributed by atoms with E-state index >= 15 is 0 Å². The number of amides is 1. The standard InChI is InChI=1S/C8H14N2O3S/c1-9-7(11)4-10-2-3-14-5-6(10)8(12)13/h6H,2-5H2,1H3,(H,9,11)(H,12,13). The number of carboxylic acids is 1. The van der Waals surface area contributed by atoms with Crippen LogP contribution < -0.4 is 5.32 Å². The molecular formula is C8H14N2O3S. The molecule has 5 nitrogen and oxygen atoms in total. The number of likely N-dealkylation sites (N-methyl/N-ethyl adjacent to an activating group) is 1. The summed E-state index contributed by atoms with van der Waals surface area (Å²) in [4.78, 5) is 23.6. The summed E-state index contributed by atoms with van der Waals surface area (Å²) in [5, 5.41) is 11.4. The molecule has 1 aliphatic heterocycles. The quantitative estimate of drug-likeness (QED) is 0.651. The summed E-state index contributed by atoms with van der Waals surface area (Å²) in [6.45, 7) is 0.836. The van der Waals surface area contributed by atoms with E-state index in [0.29, 0.717) is 12.3 Å². The van der Waals surface area contributed by atoms with Crippen LogP contribution in [0.4, 0.5) is 0 Å². The van der Waals surface area contributed by atoms with Crippen LogP contribution in [0.25, 0.3) is 0 Å². The van der Waals surface area contributed by atoms with Crippen LogP contribution in [0.5, 0.6) is 0 Å². The van der Waals surface area contributed by atoms with E-state index in [2.05, 4.69) is 5.32 Å². The van der Waals surface area contributed by atoms with Gasteiger partial charge in [0, 0.05) is 25.1 Å². The number of thioether (sulfide) groups is 1. The molecule has 0 aromatic heterocycles. The fourth-order valence-electron chi connectivity index (χ4n) is 1.32. The SMILES string of the molecule is CNC(=O)CN1CCSCC1C(=O)O. The Bertz CT molecular complexity index is 235. The van der Waals surface area contributed by atoms with E-state index in [1.165, 1.54) is 0 Å².